The van der Waals surface area contributed by atoms with Crippen molar-refractivity contribution < 1.29 is 4.79 Å². The van der Waals surface area contributed by atoms with E-state index in [0.717, 1.165) is 5.52 Å². The van der Waals surface area contributed by atoms with Crippen molar-refractivity contribution in [2.75, 3.05) is 11.1 Å². The van der Waals surface area contributed by atoms with Gasteiger partial charge in [-0.2, -0.15) is 5.26 Å². The third kappa shape index (κ3) is 3.80. The van der Waals surface area contributed by atoms with Crippen LogP contribution in [0.2, 0.25) is 5.02 Å². The van der Waals surface area contributed by atoms with Crippen LogP contribution < -0.4 is 5.32 Å². The summed E-state index contributed by atoms with van der Waals surface area (Å²) in [5, 5.41) is 12.7. The molecule has 0 saturated heterocycles. The Balaban J connectivity index is 1.62. The van der Waals surface area contributed by atoms with Gasteiger partial charge in [-0.1, -0.05) is 29.4 Å². The van der Waals surface area contributed by atoms with E-state index in [1.54, 1.807) is 30.3 Å². The maximum absolute atomic E-state index is 12.0. The number of nitrogens with zero attached hydrogens (tertiary/aromatic N) is 3. The number of carbonyl (C=O) groups excluding carboxylic acids is 1. The third-order valence-corrected chi connectivity index (χ3v) is 3.98. The number of anilines is 1. The quantitative estimate of drug-likeness (QED) is 0.709. The first kappa shape index (κ1) is 15.3. The molecule has 3 aromatic rings. The Labute approximate surface area is 140 Å². The van der Waals surface area contributed by atoms with Crippen LogP contribution in [0.5, 0.6) is 0 Å². The third-order valence-electron chi connectivity index (χ3n) is 2.90. The zero-order valence-corrected chi connectivity index (χ0v) is 13.3. The molecule has 1 amide bonds. The highest BCUT2D eigenvalue weighted by molar-refractivity contribution is 7.99. The van der Waals surface area contributed by atoms with E-state index < -0.39 is 0 Å². The maximum Gasteiger partial charge on any atom is 0.234 e. The van der Waals surface area contributed by atoms with Gasteiger partial charge in [0.1, 0.15) is 0 Å². The second kappa shape index (κ2) is 6.69. The molecule has 0 aliphatic carbocycles. The number of hydrogen-bond acceptors (Lipinski definition) is 5. The average Bonchev–Trinajstić information content (AvgIpc) is 2.95. The second-order valence-corrected chi connectivity index (χ2v) is 6.00. The SMILES string of the molecule is N#Cc1cccc(NC(=O)CSc2nc3ncc(Cl)cc3[nH]2)c1. The normalized spacial score (nSPS) is 10.4. The van der Waals surface area contributed by atoms with Crippen molar-refractivity contribution in [1.82, 2.24) is 15.0 Å². The minimum Gasteiger partial charge on any atom is -0.331 e. The number of amides is 1. The lowest BCUT2D eigenvalue weighted by Crippen LogP contribution is -2.14. The molecule has 3 rings (SSSR count). The lowest BCUT2D eigenvalue weighted by Gasteiger charge is -2.04. The van der Waals surface area contributed by atoms with Crippen LogP contribution in [0.4, 0.5) is 5.69 Å². The number of nitrogens with one attached hydrogen (secondary N) is 2. The fourth-order valence-corrected chi connectivity index (χ4v) is 2.75. The largest absolute Gasteiger partial charge is 0.331 e. The number of pyridine rings is 1. The second-order valence-electron chi connectivity index (χ2n) is 4.60. The Hall–Kier alpha value is -2.56. The van der Waals surface area contributed by atoms with Crippen molar-refractivity contribution in [3.63, 3.8) is 0 Å². The molecule has 114 valence electrons. The predicted octanol–water partition coefficient (Wildman–Crippen LogP) is 3.21. The molecule has 2 heterocycles. The Morgan fingerprint density at radius 3 is 3.13 bits per heavy atom. The summed E-state index contributed by atoms with van der Waals surface area (Å²) in [6.07, 6.45) is 1.52. The lowest BCUT2D eigenvalue weighted by molar-refractivity contribution is -0.113. The smallest absolute Gasteiger partial charge is 0.234 e. The van der Waals surface area contributed by atoms with Crippen molar-refractivity contribution in [3.8, 4) is 6.07 Å². The van der Waals surface area contributed by atoms with E-state index in [9.17, 15) is 4.79 Å². The highest BCUT2D eigenvalue weighted by atomic mass is 35.5. The summed E-state index contributed by atoms with van der Waals surface area (Å²) in [4.78, 5) is 23.4. The molecule has 0 unspecified atom stereocenters. The zero-order chi connectivity index (χ0) is 16.2. The fourth-order valence-electron chi connectivity index (χ4n) is 1.92. The molecule has 8 heteroatoms. The number of carbonyl (C=O) groups is 1. The molecular weight excluding hydrogens is 334 g/mol. The molecule has 0 fully saturated rings. The molecular formula is C15H10ClN5OS. The number of nitriles is 1. The molecule has 0 aliphatic heterocycles. The highest BCUT2D eigenvalue weighted by Crippen LogP contribution is 2.20. The summed E-state index contributed by atoms with van der Waals surface area (Å²) in [6.45, 7) is 0. The van der Waals surface area contributed by atoms with Gasteiger partial charge in [-0.05, 0) is 24.3 Å². The number of benzene rings is 1. The van der Waals surface area contributed by atoms with Crippen molar-refractivity contribution in [2.45, 2.75) is 5.16 Å². The van der Waals surface area contributed by atoms with Crippen LogP contribution in [-0.4, -0.2) is 26.6 Å². The first-order chi connectivity index (χ1) is 11.1. The van der Waals surface area contributed by atoms with Crippen LogP contribution in [0.1, 0.15) is 5.56 Å². The van der Waals surface area contributed by atoms with Crippen LogP contribution in [0.3, 0.4) is 0 Å². The number of hydrogen-bond donors (Lipinski definition) is 2. The van der Waals surface area contributed by atoms with E-state index in [2.05, 4.69) is 20.3 Å². The monoisotopic (exact) mass is 343 g/mol. The summed E-state index contributed by atoms with van der Waals surface area (Å²) >= 11 is 7.13. The molecule has 0 bridgehead atoms. The molecule has 2 aromatic heterocycles. The van der Waals surface area contributed by atoms with Crippen LogP contribution in [0.25, 0.3) is 11.2 Å². The highest BCUT2D eigenvalue weighted by Gasteiger charge is 2.09. The zero-order valence-electron chi connectivity index (χ0n) is 11.7. The van der Waals surface area contributed by atoms with Crippen LogP contribution in [0.15, 0.2) is 41.7 Å². The van der Waals surface area contributed by atoms with Gasteiger partial charge in [0, 0.05) is 11.9 Å². The molecule has 2 N–H and O–H groups in total. The maximum atomic E-state index is 12.0. The van der Waals surface area contributed by atoms with Gasteiger partial charge < -0.3 is 10.3 Å². The number of H-pyrrole nitrogens is 1. The van der Waals surface area contributed by atoms with Gasteiger partial charge >= 0.3 is 0 Å². The Kier molecular flexibility index (Phi) is 4.46. The Morgan fingerprint density at radius 2 is 2.30 bits per heavy atom. The van der Waals surface area contributed by atoms with E-state index in [1.165, 1.54) is 18.0 Å². The number of thioether (sulfide) groups is 1. The number of fused-ring (bicyclic) bond motifs is 1. The van der Waals surface area contributed by atoms with Gasteiger partial charge in [-0.25, -0.2) is 9.97 Å². The van der Waals surface area contributed by atoms with Gasteiger partial charge in [0.2, 0.25) is 5.91 Å². The van der Waals surface area contributed by atoms with Crippen LogP contribution in [0, 0.1) is 11.3 Å². The van der Waals surface area contributed by atoms with Gasteiger partial charge in [0.25, 0.3) is 0 Å². The van der Waals surface area contributed by atoms with E-state index in [0.29, 0.717) is 27.1 Å². The lowest BCUT2D eigenvalue weighted by atomic mass is 10.2. The van der Waals surface area contributed by atoms with Crippen molar-refractivity contribution in [1.29, 1.82) is 5.26 Å². The predicted molar refractivity (Wildman–Crippen MR) is 89.4 cm³/mol. The Bertz CT molecular complexity index is 918. The van der Waals surface area contributed by atoms with Gasteiger partial charge in [0.15, 0.2) is 10.8 Å². The molecule has 6 nitrogen and oxygen atoms in total. The first-order valence-electron chi connectivity index (χ1n) is 6.58. The Morgan fingerprint density at radius 1 is 1.43 bits per heavy atom. The van der Waals surface area contributed by atoms with Gasteiger partial charge in [-0.3, -0.25) is 4.79 Å². The summed E-state index contributed by atoms with van der Waals surface area (Å²) in [7, 11) is 0. The van der Waals surface area contributed by atoms with E-state index in [1.807, 2.05) is 6.07 Å². The van der Waals surface area contributed by atoms with Crippen LogP contribution in [-0.2, 0) is 4.79 Å². The van der Waals surface area contributed by atoms with Gasteiger partial charge in [0.05, 0.1) is 27.9 Å². The molecule has 23 heavy (non-hydrogen) atoms. The fraction of sp³-hybridized carbons (Fsp3) is 0.0667. The topological polar surface area (TPSA) is 94.5 Å². The first-order valence-corrected chi connectivity index (χ1v) is 7.94. The number of aromatic nitrogens is 3. The van der Waals surface area contributed by atoms with E-state index >= 15 is 0 Å². The summed E-state index contributed by atoms with van der Waals surface area (Å²) in [6, 6.07) is 10.5. The minimum atomic E-state index is -0.184. The van der Waals surface area contributed by atoms with E-state index in [-0.39, 0.29) is 11.7 Å². The minimum absolute atomic E-state index is 0.184. The summed E-state index contributed by atoms with van der Waals surface area (Å²) in [5.74, 6) is 0.00109. The van der Waals surface area contributed by atoms with Crippen molar-refractivity contribution in [3.05, 3.63) is 47.1 Å². The number of halogens is 1. The summed E-state index contributed by atoms with van der Waals surface area (Å²) in [5.41, 5.74) is 2.37. The molecule has 0 spiro atoms. The number of imidazole rings is 1. The van der Waals surface area contributed by atoms with Crippen molar-refractivity contribution in [2.24, 2.45) is 0 Å². The number of aromatic amines is 1. The molecule has 0 atom stereocenters. The molecule has 1 aromatic carbocycles. The van der Waals surface area contributed by atoms with Crippen LogP contribution >= 0.6 is 23.4 Å². The molecule has 0 radical (unpaired) electrons. The average molecular weight is 344 g/mol. The van der Waals surface area contributed by atoms with Gasteiger partial charge in [-0.15, -0.1) is 0 Å². The summed E-state index contributed by atoms with van der Waals surface area (Å²) < 4.78 is 0. The van der Waals surface area contributed by atoms with Crippen molar-refractivity contribution >= 4 is 46.1 Å². The molecule has 0 aliphatic rings. The molecule has 0 saturated carbocycles. The number of rotatable bonds is 4. The standard InChI is InChI=1S/C15H10ClN5OS/c16-10-5-12-14(18-7-10)21-15(20-12)23-8-13(22)19-11-3-1-2-9(4-11)6-17/h1-5,7H,8H2,(H,19,22)(H,18,20,21). The van der Waals surface area contributed by atoms with E-state index in [4.69, 9.17) is 16.9 Å².